The van der Waals surface area contributed by atoms with E-state index in [1.165, 1.54) is 36.6 Å². The molecular formula is C17H27N3O3. The van der Waals surface area contributed by atoms with Gasteiger partial charge in [0.05, 0.1) is 4.92 Å². The maximum atomic E-state index is 11.9. The van der Waals surface area contributed by atoms with Gasteiger partial charge in [0.25, 0.3) is 11.6 Å². The Morgan fingerprint density at radius 3 is 2.43 bits per heavy atom. The number of nitro groups is 1. The number of rotatable bonds is 10. The van der Waals surface area contributed by atoms with Crippen LogP contribution in [0.15, 0.2) is 18.2 Å². The Hall–Kier alpha value is -2.11. The van der Waals surface area contributed by atoms with Crippen molar-refractivity contribution >= 4 is 17.3 Å². The van der Waals surface area contributed by atoms with E-state index in [0.29, 0.717) is 17.8 Å². The van der Waals surface area contributed by atoms with E-state index in [0.717, 1.165) is 12.8 Å². The third-order valence-electron chi connectivity index (χ3n) is 3.69. The van der Waals surface area contributed by atoms with Gasteiger partial charge in [-0.2, -0.15) is 0 Å². The van der Waals surface area contributed by atoms with Crippen LogP contribution in [0.2, 0.25) is 0 Å². The number of hydrogen-bond acceptors (Lipinski definition) is 4. The number of nitrogens with zero attached hydrogens (tertiary/aromatic N) is 2. The zero-order valence-electron chi connectivity index (χ0n) is 14.3. The van der Waals surface area contributed by atoms with E-state index in [1.807, 2.05) is 0 Å². The molecule has 23 heavy (non-hydrogen) atoms. The first kappa shape index (κ1) is 18.9. The second-order valence-corrected chi connectivity index (χ2v) is 5.88. The Kier molecular flexibility index (Phi) is 8.08. The lowest BCUT2D eigenvalue weighted by Gasteiger charge is -2.12. The molecule has 0 spiro atoms. The van der Waals surface area contributed by atoms with E-state index in [2.05, 4.69) is 12.2 Å². The first-order valence-electron chi connectivity index (χ1n) is 8.21. The first-order chi connectivity index (χ1) is 11.0. The van der Waals surface area contributed by atoms with Crippen LogP contribution in [0, 0.1) is 10.1 Å². The van der Waals surface area contributed by atoms with Crippen LogP contribution in [-0.2, 0) is 0 Å². The van der Waals surface area contributed by atoms with Crippen LogP contribution < -0.4 is 5.32 Å². The lowest BCUT2D eigenvalue weighted by molar-refractivity contribution is -0.384. The van der Waals surface area contributed by atoms with Gasteiger partial charge in [-0.05, 0) is 18.6 Å². The van der Waals surface area contributed by atoms with Crippen molar-refractivity contribution in [1.29, 1.82) is 0 Å². The number of nitro benzene ring substituents is 1. The molecule has 0 unspecified atom stereocenters. The molecule has 0 radical (unpaired) electrons. The highest BCUT2D eigenvalue weighted by molar-refractivity contribution is 5.95. The number of carbonyl (C=O) groups is 1. The molecule has 0 saturated heterocycles. The molecular weight excluding hydrogens is 294 g/mol. The Morgan fingerprint density at radius 2 is 1.83 bits per heavy atom. The van der Waals surface area contributed by atoms with Crippen molar-refractivity contribution in [3.63, 3.8) is 0 Å². The average Bonchev–Trinajstić information content (AvgIpc) is 2.53. The molecule has 1 aromatic carbocycles. The van der Waals surface area contributed by atoms with Gasteiger partial charge in [-0.3, -0.25) is 14.9 Å². The second-order valence-electron chi connectivity index (χ2n) is 5.88. The van der Waals surface area contributed by atoms with Gasteiger partial charge in [-0.1, -0.05) is 39.0 Å². The number of nitrogens with one attached hydrogen (secondary N) is 1. The van der Waals surface area contributed by atoms with Gasteiger partial charge in [-0.25, -0.2) is 0 Å². The van der Waals surface area contributed by atoms with Crippen molar-refractivity contribution < 1.29 is 9.72 Å². The zero-order valence-corrected chi connectivity index (χ0v) is 14.3. The van der Waals surface area contributed by atoms with Gasteiger partial charge in [-0.15, -0.1) is 0 Å². The summed E-state index contributed by atoms with van der Waals surface area (Å²) in [6, 6.07) is 4.58. The molecule has 0 aliphatic rings. The summed E-state index contributed by atoms with van der Waals surface area (Å²) >= 11 is 0. The fourth-order valence-corrected chi connectivity index (χ4v) is 2.35. The number of hydrogen-bond donors (Lipinski definition) is 1. The number of benzene rings is 1. The monoisotopic (exact) mass is 321 g/mol. The third kappa shape index (κ3) is 6.26. The summed E-state index contributed by atoms with van der Waals surface area (Å²) < 4.78 is 0. The smallest absolute Gasteiger partial charge is 0.293 e. The molecule has 0 heterocycles. The molecule has 0 aliphatic heterocycles. The van der Waals surface area contributed by atoms with E-state index in [-0.39, 0.29) is 11.6 Å². The van der Waals surface area contributed by atoms with Crippen LogP contribution in [0.5, 0.6) is 0 Å². The first-order valence-corrected chi connectivity index (χ1v) is 8.21. The van der Waals surface area contributed by atoms with Gasteiger partial charge in [0, 0.05) is 32.3 Å². The van der Waals surface area contributed by atoms with Crippen LogP contribution in [-0.4, -0.2) is 36.4 Å². The van der Waals surface area contributed by atoms with Crippen LogP contribution in [0.1, 0.15) is 55.8 Å². The van der Waals surface area contributed by atoms with E-state index in [9.17, 15) is 14.9 Å². The molecule has 0 bridgehead atoms. The summed E-state index contributed by atoms with van der Waals surface area (Å²) in [5, 5.41) is 14.3. The largest absolute Gasteiger partial charge is 0.379 e. The second kappa shape index (κ2) is 9.82. The normalized spacial score (nSPS) is 10.4. The molecule has 1 N–H and O–H groups in total. The molecule has 6 nitrogen and oxygen atoms in total. The lowest BCUT2D eigenvalue weighted by atomic mass is 10.1. The summed E-state index contributed by atoms with van der Waals surface area (Å²) in [6.07, 6.45) is 7.05. The summed E-state index contributed by atoms with van der Waals surface area (Å²) in [4.78, 5) is 24.1. The van der Waals surface area contributed by atoms with Crippen LogP contribution >= 0.6 is 0 Å². The molecule has 1 rings (SSSR count). The van der Waals surface area contributed by atoms with Crippen molar-refractivity contribution in [1.82, 2.24) is 4.90 Å². The highest BCUT2D eigenvalue weighted by Gasteiger charge is 2.18. The highest BCUT2D eigenvalue weighted by atomic mass is 16.6. The van der Waals surface area contributed by atoms with Gasteiger partial charge in [0.1, 0.15) is 5.69 Å². The molecule has 0 aromatic heterocycles. The Bertz CT molecular complexity index is 530. The van der Waals surface area contributed by atoms with Crippen LogP contribution in [0.3, 0.4) is 0 Å². The van der Waals surface area contributed by atoms with Crippen molar-refractivity contribution in [3.8, 4) is 0 Å². The fraction of sp³-hybridized carbons (Fsp3) is 0.588. The number of unbranched alkanes of at least 4 members (excludes halogenated alkanes) is 5. The summed E-state index contributed by atoms with van der Waals surface area (Å²) in [6.45, 7) is 2.89. The number of amides is 1. The SMILES string of the molecule is CCCCCCCCNc1ccc(C(=O)N(C)C)cc1[N+](=O)[O-]. The maximum absolute atomic E-state index is 11.9. The van der Waals surface area contributed by atoms with E-state index < -0.39 is 4.92 Å². The molecule has 1 aromatic rings. The van der Waals surface area contributed by atoms with Crippen molar-refractivity contribution in [2.45, 2.75) is 45.4 Å². The molecule has 128 valence electrons. The molecule has 6 heteroatoms. The van der Waals surface area contributed by atoms with Gasteiger partial charge < -0.3 is 10.2 Å². The number of anilines is 1. The fourth-order valence-electron chi connectivity index (χ4n) is 2.35. The van der Waals surface area contributed by atoms with Crippen molar-refractivity contribution in [3.05, 3.63) is 33.9 Å². The Labute approximate surface area is 138 Å². The molecule has 0 saturated carbocycles. The van der Waals surface area contributed by atoms with Gasteiger partial charge in [0.15, 0.2) is 0 Å². The van der Waals surface area contributed by atoms with Gasteiger partial charge in [0.2, 0.25) is 0 Å². The average molecular weight is 321 g/mol. The third-order valence-corrected chi connectivity index (χ3v) is 3.69. The summed E-state index contributed by atoms with van der Waals surface area (Å²) in [5.74, 6) is -0.240. The van der Waals surface area contributed by atoms with Gasteiger partial charge >= 0.3 is 0 Å². The zero-order chi connectivity index (χ0) is 17.2. The standard InChI is InChI=1S/C17H27N3O3/c1-4-5-6-7-8-9-12-18-15-11-10-14(17(21)19(2)3)13-16(15)20(22)23/h10-11,13,18H,4-9,12H2,1-3H3. The van der Waals surface area contributed by atoms with E-state index in [4.69, 9.17) is 0 Å². The topological polar surface area (TPSA) is 75.5 Å². The Balaban J connectivity index is 2.61. The van der Waals surface area contributed by atoms with Crippen LogP contribution in [0.4, 0.5) is 11.4 Å². The maximum Gasteiger partial charge on any atom is 0.293 e. The molecule has 0 atom stereocenters. The lowest BCUT2D eigenvalue weighted by Crippen LogP contribution is -2.21. The highest BCUT2D eigenvalue weighted by Crippen LogP contribution is 2.26. The quantitative estimate of drug-likeness (QED) is 0.400. The minimum Gasteiger partial charge on any atom is -0.379 e. The van der Waals surface area contributed by atoms with Crippen molar-refractivity contribution in [2.24, 2.45) is 0 Å². The number of carbonyl (C=O) groups excluding carboxylic acids is 1. The molecule has 1 amide bonds. The van der Waals surface area contributed by atoms with Crippen molar-refractivity contribution in [2.75, 3.05) is 26.0 Å². The Morgan fingerprint density at radius 1 is 1.17 bits per heavy atom. The minimum atomic E-state index is -0.448. The van der Waals surface area contributed by atoms with E-state index in [1.54, 1.807) is 26.2 Å². The van der Waals surface area contributed by atoms with Crippen LogP contribution in [0.25, 0.3) is 0 Å². The van der Waals surface area contributed by atoms with E-state index >= 15 is 0 Å². The predicted molar refractivity (Wildman–Crippen MR) is 93.0 cm³/mol. The summed E-state index contributed by atoms with van der Waals surface area (Å²) in [7, 11) is 3.25. The minimum absolute atomic E-state index is 0.0521. The molecule has 0 fully saturated rings. The summed E-state index contributed by atoms with van der Waals surface area (Å²) in [5.41, 5.74) is 0.745. The molecule has 0 aliphatic carbocycles. The predicted octanol–water partition coefficient (Wildman–Crippen LogP) is 4.07.